The Bertz CT molecular complexity index is 1290. The van der Waals surface area contributed by atoms with Crippen molar-refractivity contribution >= 4 is 65.5 Å². The molecule has 0 radical (unpaired) electrons. The van der Waals surface area contributed by atoms with Crippen LogP contribution < -0.4 is 0 Å². The highest BCUT2D eigenvalue weighted by Crippen LogP contribution is 2.53. The topological polar surface area (TPSA) is 0 Å². The quantitative estimate of drug-likeness (QED) is 0.262. The minimum atomic E-state index is 1.35. The minimum absolute atomic E-state index is 1.35. The molecule has 0 saturated carbocycles. The van der Waals surface area contributed by atoms with Crippen LogP contribution in [0.3, 0.4) is 0 Å². The lowest BCUT2D eigenvalue weighted by atomic mass is 9.97. The summed E-state index contributed by atoms with van der Waals surface area (Å²) in [7, 11) is 0. The van der Waals surface area contributed by atoms with Gasteiger partial charge in [0.1, 0.15) is 0 Å². The maximum Gasteiger partial charge on any atom is 0.0534 e. The van der Waals surface area contributed by atoms with Crippen molar-refractivity contribution in [2.75, 3.05) is 0 Å². The molecule has 28 heavy (non-hydrogen) atoms. The predicted molar refractivity (Wildman–Crippen MR) is 129 cm³/mol. The summed E-state index contributed by atoms with van der Waals surface area (Å²) in [6, 6.07) is 26.5. The van der Waals surface area contributed by atoms with Gasteiger partial charge in [0.25, 0.3) is 0 Å². The van der Waals surface area contributed by atoms with Crippen LogP contribution in [0.15, 0.2) is 83.6 Å². The maximum absolute atomic E-state index is 2.28. The summed E-state index contributed by atoms with van der Waals surface area (Å²) in [5.74, 6) is 0. The third kappa shape index (κ3) is 2.53. The lowest BCUT2D eigenvalue weighted by Gasteiger charge is -2.07. The van der Waals surface area contributed by atoms with E-state index < -0.39 is 0 Å². The highest BCUT2D eigenvalue weighted by molar-refractivity contribution is 7.27. The van der Waals surface area contributed by atoms with Gasteiger partial charge in [-0.1, -0.05) is 48.5 Å². The van der Waals surface area contributed by atoms with Gasteiger partial charge in [0.2, 0.25) is 0 Å². The predicted octanol–water partition coefficient (Wildman–Crippen LogP) is 9.24. The van der Waals surface area contributed by atoms with Crippen LogP contribution >= 0.6 is 45.3 Å². The van der Waals surface area contributed by atoms with Crippen LogP contribution in [-0.2, 0) is 0 Å². The van der Waals surface area contributed by atoms with Crippen LogP contribution in [0.1, 0.15) is 0 Å². The van der Waals surface area contributed by atoms with Gasteiger partial charge >= 0.3 is 0 Å². The van der Waals surface area contributed by atoms with Crippen LogP contribution in [0.5, 0.6) is 0 Å². The van der Waals surface area contributed by atoms with Crippen molar-refractivity contribution < 1.29 is 0 Å². The fraction of sp³-hybridized carbons (Fsp3) is 0. The smallest absolute Gasteiger partial charge is 0.0534 e. The van der Waals surface area contributed by atoms with Gasteiger partial charge in [-0.25, -0.2) is 0 Å². The highest BCUT2D eigenvalue weighted by atomic mass is 32.1. The second kappa shape index (κ2) is 6.68. The van der Waals surface area contributed by atoms with Gasteiger partial charge in [-0.05, 0) is 35.0 Å². The molecule has 0 aliphatic carbocycles. The zero-order valence-corrected chi connectivity index (χ0v) is 18.0. The summed E-state index contributed by atoms with van der Waals surface area (Å²) in [4.78, 5) is 5.47. The lowest BCUT2D eigenvalue weighted by molar-refractivity contribution is 1.80. The Kier molecular flexibility index (Phi) is 3.98. The Hall–Kier alpha value is -2.24. The lowest BCUT2D eigenvalue weighted by Crippen LogP contribution is -1.80. The summed E-state index contributed by atoms with van der Waals surface area (Å²) >= 11 is 7.48. The van der Waals surface area contributed by atoms with E-state index in [-0.39, 0.29) is 0 Å². The van der Waals surface area contributed by atoms with Crippen molar-refractivity contribution in [1.82, 2.24) is 0 Å². The van der Waals surface area contributed by atoms with E-state index in [1.807, 2.05) is 45.3 Å². The molecule has 0 fully saturated rings. The number of thiophene rings is 4. The second-order valence-corrected chi connectivity index (χ2v) is 10.6. The fourth-order valence-corrected chi connectivity index (χ4v) is 7.89. The molecule has 0 aliphatic heterocycles. The number of hydrogen-bond donors (Lipinski definition) is 0. The number of fused-ring (bicyclic) bond motifs is 2. The number of benzene rings is 2. The van der Waals surface area contributed by atoms with Crippen molar-refractivity contribution in [2.45, 2.75) is 0 Å². The first-order valence-corrected chi connectivity index (χ1v) is 12.4. The molecule has 2 aromatic carbocycles. The number of hydrogen-bond acceptors (Lipinski definition) is 4. The van der Waals surface area contributed by atoms with Crippen LogP contribution in [0.25, 0.3) is 50.8 Å². The Morgan fingerprint density at radius 1 is 0.464 bits per heavy atom. The molecule has 0 bridgehead atoms. The van der Waals surface area contributed by atoms with E-state index >= 15 is 0 Å². The van der Waals surface area contributed by atoms with Crippen molar-refractivity contribution in [3.63, 3.8) is 0 Å². The molecule has 0 amide bonds. The van der Waals surface area contributed by atoms with Gasteiger partial charge in [0, 0.05) is 41.1 Å². The molecule has 0 atom stereocenters. The van der Waals surface area contributed by atoms with Crippen LogP contribution in [-0.4, -0.2) is 0 Å². The van der Waals surface area contributed by atoms with Crippen LogP contribution in [0, 0.1) is 0 Å². The molecule has 6 aromatic rings. The third-order valence-corrected chi connectivity index (χ3v) is 9.37. The van der Waals surface area contributed by atoms with Crippen molar-refractivity contribution in [3.05, 3.63) is 83.6 Å². The van der Waals surface area contributed by atoms with Gasteiger partial charge in [-0.3, -0.25) is 0 Å². The average molecular weight is 431 g/mol. The molecule has 0 unspecified atom stereocenters. The van der Waals surface area contributed by atoms with E-state index in [4.69, 9.17) is 0 Å². The summed E-state index contributed by atoms with van der Waals surface area (Å²) in [6.45, 7) is 0. The Labute approximate surface area is 179 Å². The van der Waals surface area contributed by atoms with Crippen molar-refractivity contribution in [3.8, 4) is 30.6 Å². The normalized spacial score (nSPS) is 11.6. The molecule has 4 heteroatoms. The summed E-state index contributed by atoms with van der Waals surface area (Å²) < 4.78 is 2.71. The monoisotopic (exact) mass is 430 g/mol. The largest absolute Gasteiger partial charge is 0.143 e. The standard InChI is InChI=1S/C24H14S4/c1-3-9-17-15(7-1)21(23(27-17)19-11-5-13-25-19)22-16-8-2-4-10-18(16)28-24(22)20-12-6-14-26-20/h1-14H. The van der Waals surface area contributed by atoms with Crippen molar-refractivity contribution in [1.29, 1.82) is 0 Å². The molecule has 134 valence electrons. The van der Waals surface area contributed by atoms with E-state index in [1.54, 1.807) is 0 Å². The fourth-order valence-electron chi connectivity index (χ4n) is 3.75. The van der Waals surface area contributed by atoms with E-state index in [2.05, 4.69) is 83.6 Å². The van der Waals surface area contributed by atoms with E-state index in [1.165, 1.54) is 50.8 Å². The summed E-state index contributed by atoms with van der Waals surface area (Å²) in [6.07, 6.45) is 0. The SMILES string of the molecule is c1csc(-c2sc3ccccc3c2-c2c(-c3cccs3)sc3ccccc23)c1. The molecule has 0 N–H and O–H groups in total. The van der Waals surface area contributed by atoms with Gasteiger partial charge < -0.3 is 0 Å². The maximum atomic E-state index is 2.28. The molecule has 0 spiro atoms. The van der Waals surface area contributed by atoms with Gasteiger partial charge in [-0.2, -0.15) is 0 Å². The third-order valence-electron chi connectivity index (χ3n) is 4.93. The minimum Gasteiger partial charge on any atom is -0.143 e. The Morgan fingerprint density at radius 2 is 0.929 bits per heavy atom. The Balaban J connectivity index is 1.79. The first kappa shape index (κ1) is 16.7. The molecule has 6 rings (SSSR count). The van der Waals surface area contributed by atoms with E-state index in [0.717, 1.165) is 0 Å². The molecule has 0 saturated heterocycles. The first-order valence-electron chi connectivity index (χ1n) is 9.01. The zero-order valence-electron chi connectivity index (χ0n) is 14.7. The molecule has 4 aromatic heterocycles. The molecular formula is C24H14S4. The van der Waals surface area contributed by atoms with Crippen molar-refractivity contribution in [2.24, 2.45) is 0 Å². The molecular weight excluding hydrogens is 417 g/mol. The summed E-state index contributed by atoms with van der Waals surface area (Å²) in [5.41, 5.74) is 2.78. The van der Waals surface area contributed by atoms with E-state index in [0.29, 0.717) is 0 Å². The average Bonchev–Trinajstić information content (AvgIpc) is 3.52. The summed E-state index contributed by atoms with van der Waals surface area (Å²) in [5, 5.41) is 7.07. The molecule has 0 aliphatic rings. The van der Waals surface area contributed by atoms with Gasteiger partial charge in [-0.15, -0.1) is 45.3 Å². The van der Waals surface area contributed by atoms with Crippen LogP contribution in [0.4, 0.5) is 0 Å². The van der Waals surface area contributed by atoms with Gasteiger partial charge in [0.15, 0.2) is 0 Å². The van der Waals surface area contributed by atoms with E-state index in [9.17, 15) is 0 Å². The van der Waals surface area contributed by atoms with Gasteiger partial charge in [0.05, 0.1) is 9.75 Å². The first-order chi connectivity index (χ1) is 13.9. The zero-order chi connectivity index (χ0) is 18.5. The second-order valence-electron chi connectivity index (χ2n) is 6.56. The van der Waals surface area contributed by atoms with Crippen LogP contribution in [0.2, 0.25) is 0 Å². The Morgan fingerprint density at radius 3 is 1.36 bits per heavy atom. The molecule has 0 nitrogen and oxygen atoms in total. The number of rotatable bonds is 3. The molecule has 4 heterocycles. The highest BCUT2D eigenvalue weighted by Gasteiger charge is 2.23.